The second-order valence-corrected chi connectivity index (χ2v) is 3.20. The maximum atomic E-state index is 11.0. The predicted octanol–water partition coefficient (Wildman–Crippen LogP) is 1.49. The monoisotopic (exact) mass is 220 g/mol. The lowest BCUT2D eigenvalue weighted by Crippen LogP contribution is -2.24. The molecule has 84 valence electrons. The van der Waals surface area contributed by atoms with Crippen LogP contribution in [-0.4, -0.2) is 26.0 Å². The average molecular weight is 221 g/mol. The molecule has 3 nitrogen and oxygen atoms in total. The number of carbonyl (C=O) groups is 1. The van der Waals surface area contributed by atoms with Crippen LogP contribution in [0.1, 0.15) is 26.2 Å². The van der Waals surface area contributed by atoms with Gasteiger partial charge < -0.3 is 10.6 Å². The fraction of sp³-hybridized carbons (Fsp3) is 0.700. The first-order valence-corrected chi connectivity index (χ1v) is 4.76. The first kappa shape index (κ1) is 15.9. The fourth-order valence-corrected chi connectivity index (χ4v) is 0.956. The molecule has 2 N–H and O–H groups in total. The minimum atomic E-state index is -0.0337. The third kappa shape index (κ3) is 9.55. The summed E-state index contributed by atoms with van der Waals surface area (Å²) in [5, 5.41) is 5.88. The Hall–Kier alpha value is -0.540. The zero-order valence-corrected chi connectivity index (χ0v) is 9.88. The van der Waals surface area contributed by atoms with Gasteiger partial charge in [-0.2, -0.15) is 0 Å². The average Bonchev–Trinajstić information content (AvgIpc) is 2.10. The van der Waals surface area contributed by atoms with Crippen molar-refractivity contribution in [2.75, 3.05) is 20.1 Å². The highest BCUT2D eigenvalue weighted by Gasteiger charge is 1.98. The van der Waals surface area contributed by atoms with Crippen molar-refractivity contribution in [3.63, 3.8) is 0 Å². The molecule has 0 radical (unpaired) electrons. The molecule has 0 bridgehead atoms. The topological polar surface area (TPSA) is 41.1 Å². The Balaban J connectivity index is 0. The van der Waals surface area contributed by atoms with Crippen LogP contribution in [0.4, 0.5) is 0 Å². The normalized spacial score (nSPS) is 9.00. The van der Waals surface area contributed by atoms with Crippen LogP contribution in [0.2, 0.25) is 0 Å². The van der Waals surface area contributed by atoms with Crippen molar-refractivity contribution in [3.8, 4) is 0 Å². The number of amides is 1. The lowest BCUT2D eigenvalue weighted by Gasteiger charge is -2.03. The molecule has 14 heavy (non-hydrogen) atoms. The van der Waals surface area contributed by atoms with Crippen molar-refractivity contribution in [2.45, 2.75) is 26.2 Å². The van der Waals surface area contributed by atoms with Crippen LogP contribution >= 0.6 is 12.4 Å². The summed E-state index contributed by atoms with van der Waals surface area (Å²) < 4.78 is 0. The number of nitrogens with one attached hydrogen (secondary N) is 2. The molecule has 0 rings (SSSR count). The van der Waals surface area contributed by atoms with Gasteiger partial charge in [0.05, 0.1) is 0 Å². The first-order chi connectivity index (χ1) is 6.18. The van der Waals surface area contributed by atoms with Crippen LogP contribution in [0.3, 0.4) is 0 Å². The molecule has 0 spiro atoms. The molecule has 0 aromatic carbocycles. The van der Waals surface area contributed by atoms with E-state index in [1.165, 1.54) is 6.42 Å². The molecule has 0 saturated carbocycles. The van der Waals surface area contributed by atoms with Crippen LogP contribution in [0.5, 0.6) is 0 Å². The van der Waals surface area contributed by atoms with Crippen molar-refractivity contribution in [3.05, 3.63) is 12.2 Å². The number of hydrogen-bond donors (Lipinski definition) is 2. The van der Waals surface area contributed by atoms with E-state index in [9.17, 15) is 4.79 Å². The highest BCUT2D eigenvalue weighted by Crippen LogP contribution is 1.93. The summed E-state index contributed by atoms with van der Waals surface area (Å²) in [6.07, 6.45) is 3.36. The van der Waals surface area contributed by atoms with Gasteiger partial charge in [-0.1, -0.05) is 13.0 Å². The van der Waals surface area contributed by atoms with Crippen LogP contribution in [0.25, 0.3) is 0 Å². The molecule has 0 fully saturated rings. The van der Waals surface area contributed by atoms with Gasteiger partial charge in [0.15, 0.2) is 0 Å². The minimum Gasteiger partial charge on any atom is -0.352 e. The van der Waals surface area contributed by atoms with E-state index in [1.807, 2.05) is 7.05 Å². The van der Waals surface area contributed by atoms with Crippen LogP contribution in [0, 0.1) is 0 Å². The van der Waals surface area contributed by atoms with Crippen LogP contribution < -0.4 is 10.6 Å². The Bertz CT molecular complexity index is 172. The number of rotatable bonds is 7. The first-order valence-electron chi connectivity index (χ1n) is 4.76. The van der Waals surface area contributed by atoms with E-state index in [2.05, 4.69) is 17.2 Å². The molecular formula is C10H21ClN2O. The lowest BCUT2D eigenvalue weighted by atomic mass is 10.2. The number of carbonyl (C=O) groups excluding carboxylic acids is 1. The van der Waals surface area contributed by atoms with Gasteiger partial charge in [-0.3, -0.25) is 4.79 Å². The fourth-order valence-electron chi connectivity index (χ4n) is 0.956. The van der Waals surface area contributed by atoms with Crippen molar-refractivity contribution >= 4 is 18.3 Å². The van der Waals surface area contributed by atoms with E-state index < -0.39 is 0 Å². The second kappa shape index (κ2) is 10.5. The molecule has 0 heterocycles. The van der Waals surface area contributed by atoms with Gasteiger partial charge in [0, 0.05) is 12.1 Å². The summed E-state index contributed by atoms with van der Waals surface area (Å²) in [4.78, 5) is 11.0. The molecule has 4 heteroatoms. The summed E-state index contributed by atoms with van der Waals surface area (Å²) in [5.41, 5.74) is 0.579. The molecular weight excluding hydrogens is 200 g/mol. The van der Waals surface area contributed by atoms with E-state index in [4.69, 9.17) is 0 Å². The van der Waals surface area contributed by atoms with E-state index >= 15 is 0 Å². The van der Waals surface area contributed by atoms with Crippen LogP contribution in [0.15, 0.2) is 12.2 Å². The SMILES string of the molecule is C=C(C)C(=O)NCCCCCNC.Cl. The third-order valence-electron chi connectivity index (χ3n) is 1.78. The molecule has 0 aliphatic heterocycles. The Morgan fingerprint density at radius 2 is 1.79 bits per heavy atom. The van der Waals surface area contributed by atoms with E-state index in [1.54, 1.807) is 6.92 Å². The number of halogens is 1. The smallest absolute Gasteiger partial charge is 0.246 e. The van der Waals surface area contributed by atoms with Gasteiger partial charge in [-0.05, 0) is 33.4 Å². The molecule has 1 amide bonds. The van der Waals surface area contributed by atoms with Gasteiger partial charge in [0.25, 0.3) is 0 Å². The number of unbranched alkanes of at least 4 members (excludes halogenated alkanes) is 2. The maximum Gasteiger partial charge on any atom is 0.246 e. The minimum absolute atomic E-state index is 0. The highest BCUT2D eigenvalue weighted by atomic mass is 35.5. The molecule has 0 aliphatic carbocycles. The summed E-state index contributed by atoms with van der Waals surface area (Å²) in [7, 11) is 1.95. The quantitative estimate of drug-likeness (QED) is 0.504. The van der Waals surface area contributed by atoms with Gasteiger partial charge >= 0.3 is 0 Å². The molecule has 0 atom stereocenters. The molecule has 0 aliphatic rings. The molecule has 0 aromatic rings. The highest BCUT2D eigenvalue weighted by molar-refractivity contribution is 5.91. The Morgan fingerprint density at radius 1 is 1.21 bits per heavy atom. The van der Waals surface area contributed by atoms with Crippen molar-refractivity contribution < 1.29 is 4.79 Å². The molecule has 0 aromatic heterocycles. The maximum absolute atomic E-state index is 11.0. The number of hydrogen-bond acceptors (Lipinski definition) is 2. The summed E-state index contributed by atoms with van der Waals surface area (Å²) in [5.74, 6) is -0.0337. The zero-order valence-electron chi connectivity index (χ0n) is 9.06. The molecule has 0 saturated heterocycles. The Labute approximate surface area is 92.7 Å². The van der Waals surface area contributed by atoms with Gasteiger partial charge in [-0.15, -0.1) is 12.4 Å². The second-order valence-electron chi connectivity index (χ2n) is 3.20. The van der Waals surface area contributed by atoms with E-state index in [0.717, 1.165) is 25.9 Å². The van der Waals surface area contributed by atoms with Gasteiger partial charge in [0.1, 0.15) is 0 Å². The van der Waals surface area contributed by atoms with Crippen LogP contribution in [-0.2, 0) is 4.79 Å². The standard InChI is InChI=1S/C10H20N2O.ClH/c1-9(2)10(13)12-8-6-4-5-7-11-3;/h11H,1,4-8H2,2-3H3,(H,12,13);1H. The van der Waals surface area contributed by atoms with E-state index in [-0.39, 0.29) is 18.3 Å². The van der Waals surface area contributed by atoms with Crippen molar-refractivity contribution in [1.82, 2.24) is 10.6 Å². The van der Waals surface area contributed by atoms with Crippen molar-refractivity contribution in [2.24, 2.45) is 0 Å². The Kier molecular flexibility index (Phi) is 12.0. The largest absolute Gasteiger partial charge is 0.352 e. The lowest BCUT2D eigenvalue weighted by molar-refractivity contribution is -0.117. The van der Waals surface area contributed by atoms with E-state index in [0.29, 0.717) is 5.57 Å². The molecule has 0 unspecified atom stereocenters. The third-order valence-corrected chi connectivity index (χ3v) is 1.78. The zero-order chi connectivity index (χ0) is 10.1. The van der Waals surface area contributed by atoms with Gasteiger partial charge in [-0.25, -0.2) is 0 Å². The Morgan fingerprint density at radius 3 is 2.29 bits per heavy atom. The van der Waals surface area contributed by atoms with Crippen molar-refractivity contribution in [1.29, 1.82) is 0 Å². The summed E-state index contributed by atoms with van der Waals surface area (Å²) >= 11 is 0. The summed E-state index contributed by atoms with van der Waals surface area (Å²) in [6.45, 7) is 7.09. The predicted molar refractivity (Wildman–Crippen MR) is 62.8 cm³/mol. The summed E-state index contributed by atoms with van der Waals surface area (Å²) in [6, 6.07) is 0. The van der Waals surface area contributed by atoms with Gasteiger partial charge in [0.2, 0.25) is 5.91 Å².